The standard InChI is InChI=1S/C27H25FN4O3/c1-27(26(33)34)13-11-20(12-14-27)35-23-10-8-19(16-29-23)18-7-9-21(22(28)15-18)25-30-24(31-32-25)17-5-3-2-4-6-17/h2-10,15-16,20H,11-14H2,1H3,(H,33,34)(H,30,31,32). The molecule has 2 aromatic carbocycles. The minimum absolute atomic E-state index is 0.0554. The van der Waals surface area contributed by atoms with Crippen LogP contribution >= 0.6 is 0 Å². The lowest BCUT2D eigenvalue weighted by atomic mass is 9.75. The second-order valence-corrected chi connectivity index (χ2v) is 9.14. The minimum Gasteiger partial charge on any atom is -0.481 e. The topological polar surface area (TPSA) is 101 Å². The second-order valence-electron chi connectivity index (χ2n) is 9.14. The van der Waals surface area contributed by atoms with E-state index >= 15 is 0 Å². The van der Waals surface area contributed by atoms with E-state index < -0.39 is 17.2 Å². The van der Waals surface area contributed by atoms with Gasteiger partial charge in [0, 0.05) is 23.4 Å². The highest BCUT2D eigenvalue weighted by Crippen LogP contribution is 2.37. The molecule has 0 aliphatic heterocycles. The van der Waals surface area contributed by atoms with Crippen LogP contribution in [0.25, 0.3) is 33.9 Å². The van der Waals surface area contributed by atoms with Gasteiger partial charge < -0.3 is 9.84 Å². The van der Waals surface area contributed by atoms with Crippen molar-refractivity contribution in [2.24, 2.45) is 5.41 Å². The molecule has 1 aliphatic rings. The number of rotatable bonds is 6. The Morgan fingerprint density at radius 2 is 1.80 bits per heavy atom. The number of aromatic amines is 1. The number of aliphatic carboxylic acids is 1. The molecule has 178 valence electrons. The summed E-state index contributed by atoms with van der Waals surface area (Å²) in [5.41, 5.74) is 1.95. The molecular formula is C27H25FN4O3. The van der Waals surface area contributed by atoms with E-state index in [2.05, 4.69) is 20.2 Å². The highest BCUT2D eigenvalue weighted by atomic mass is 19.1. The van der Waals surface area contributed by atoms with Crippen LogP contribution in [0.5, 0.6) is 5.88 Å². The van der Waals surface area contributed by atoms with Crippen molar-refractivity contribution in [3.8, 4) is 39.8 Å². The van der Waals surface area contributed by atoms with Crippen LogP contribution in [0.1, 0.15) is 32.6 Å². The van der Waals surface area contributed by atoms with Gasteiger partial charge in [0.25, 0.3) is 0 Å². The molecule has 1 fully saturated rings. The van der Waals surface area contributed by atoms with Gasteiger partial charge in [0.1, 0.15) is 11.9 Å². The van der Waals surface area contributed by atoms with Gasteiger partial charge in [-0.25, -0.2) is 14.4 Å². The van der Waals surface area contributed by atoms with Crippen molar-refractivity contribution in [1.82, 2.24) is 20.2 Å². The molecule has 1 aliphatic carbocycles. The molecule has 8 heteroatoms. The Bertz CT molecular complexity index is 1330. The number of nitrogens with one attached hydrogen (secondary N) is 1. The van der Waals surface area contributed by atoms with E-state index in [-0.39, 0.29) is 6.10 Å². The average molecular weight is 473 g/mol. The molecule has 5 rings (SSSR count). The number of carboxylic acid groups (broad SMARTS) is 1. The third kappa shape index (κ3) is 4.77. The van der Waals surface area contributed by atoms with E-state index in [1.54, 1.807) is 25.3 Å². The summed E-state index contributed by atoms with van der Waals surface area (Å²) in [5, 5.41) is 16.4. The molecular weight excluding hydrogens is 447 g/mol. The van der Waals surface area contributed by atoms with Gasteiger partial charge in [-0.1, -0.05) is 36.4 Å². The van der Waals surface area contributed by atoms with Crippen LogP contribution in [-0.2, 0) is 4.79 Å². The molecule has 0 bridgehead atoms. The van der Waals surface area contributed by atoms with Gasteiger partial charge in [0.05, 0.1) is 11.0 Å². The first-order chi connectivity index (χ1) is 16.9. The summed E-state index contributed by atoms with van der Waals surface area (Å²) in [6.45, 7) is 1.79. The molecule has 1 saturated carbocycles. The normalized spacial score (nSPS) is 19.9. The smallest absolute Gasteiger partial charge is 0.309 e. The lowest BCUT2D eigenvalue weighted by molar-refractivity contribution is -0.150. The maximum absolute atomic E-state index is 15.0. The number of carboxylic acids is 1. The first kappa shape index (κ1) is 22.7. The van der Waals surface area contributed by atoms with Crippen LogP contribution in [0, 0.1) is 11.2 Å². The highest BCUT2D eigenvalue weighted by molar-refractivity contribution is 5.74. The number of ether oxygens (including phenoxy) is 1. The van der Waals surface area contributed by atoms with E-state index in [1.807, 2.05) is 42.5 Å². The zero-order valence-corrected chi connectivity index (χ0v) is 19.2. The largest absolute Gasteiger partial charge is 0.481 e. The minimum atomic E-state index is -0.753. The third-order valence-corrected chi connectivity index (χ3v) is 6.65. The molecule has 0 atom stereocenters. The van der Waals surface area contributed by atoms with Gasteiger partial charge in [-0.3, -0.25) is 9.89 Å². The molecule has 0 amide bonds. The summed E-state index contributed by atoms with van der Waals surface area (Å²) in [6.07, 6.45) is 4.10. The van der Waals surface area contributed by atoms with E-state index in [0.717, 1.165) is 11.1 Å². The Labute approximate surface area is 202 Å². The van der Waals surface area contributed by atoms with E-state index in [4.69, 9.17) is 4.74 Å². The molecule has 0 saturated heterocycles. The third-order valence-electron chi connectivity index (χ3n) is 6.65. The van der Waals surface area contributed by atoms with E-state index in [0.29, 0.717) is 54.3 Å². The van der Waals surface area contributed by atoms with Crippen molar-refractivity contribution < 1.29 is 19.0 Å². The highest BCUT2D eigenvalue weighted by Gasteiger charge is 2.38. The molecule has 7 nitrogen and oxygen atoms in total. The van der Waals surface area contributed by atoms with Crippen LogP contribution in [-0.4, -0.2) is 37.3 Å². The molecule has 4 aromatic rings. The Morgan fingerprint density at radius 1 is 1.06 bits per heavy atom. The van der Waals surface area contributed by atoms with Crippen LogP contribution in [0.3, 0.4) is 0 Å². The Hall–Kier alpha value is -4.07. The molecule has 0 unspecified atom stereocenters. The lowest BCUT2D eigenvalue weighted by Gasteiger charge is -2.33. The monoisotopic (exact) mass is 472 g/mol. The summed E-state index contributed by atoms with van der Waals surface area (Å²) in [5.74, 6) is 0.180. The number of carbonyl (C=O) groups is 1. The summed E-state index contributed by atoms with van der Waals surface area (Å²) < 4.78 is 20.9. The second kappa shape index (κ2) is 9.29. The van der Waals surface area contributed by atoms with Gasteiger partial charge in [0.2, 0.25) is 5.88 Å². The molecule has 2 N–H and O–H groups in total. The maximum atomic E-state index is 15.0. The fraction of sp³-hybridized carbons (Fsp3) is 0.259. The fourth-order valence-electron chi connectivity index (χ4n) is 4.34. The predicted molar refractivity (Wildman–Crippen MR) is 129 cm³/mol. The van der Waals surface area contributed by atoms with Crippen molar-refractivity contribution in [3.63, 3.8) is 0 Å². The Balaban J connectivity index is 1.26. The van der Waals surface area contributed by atoms with Crippen LogP contribution in [0.15, 0.2) is 66.9 Å². The van der Waals surface area contributed by atoms with Crippen molar-refractivity contribution in [1.29, 1.82) is 0 Å². The van der Waals surface area contributed by atoms with Gasteiger partial charge in [-0.2, -0.15) is 5.10 Å². The fourth-order valence-corrected chi connectivity index (χ4v) is 4.34. The predicted octanol–water partition coefficient (Wildman–Crippen LogP) is 5.75. The number of hydrogen-bond donors (Lipinski definition) is 2. The number of nitrogens with zero attached hydrogens (tertiary/aromatic N) is 3. The number of hydrogen-bond acceptors (Lipinski definition) is 5. The first-order valence-electron chi connectivity index (χ1n) is 11.6. The van der Waals surface area contributed by atoms with Crippen molar-refractivity contribution in [2.75, 3.05) is 0 Å². The van der Waals surface area contributed by atoms with Crippen molar-refractivity contribution in [2.45, 2.75) is 38.7 Å². The van der Waals surface area contributed by atoms with Crippen molar-refractivity contribution in [3.05, 3.63) is 72.7 Å². The van der Waals surface area contributed by atoms with Gasteiger partial charge in [-0.15, -0.1) is 0 Å². The maximum Gasteiger partial charge on any atom is 0.309 e. The zero-order chi connectivity index (χ0) is 24.4. The Morgan fingerprint density at radius 3 is 2.46 bits per heavy atom. The van der Waals surface area contributed by atoms with E-state index in [9.17, 15) is 14.3 Å². The zero-order valence-electron chi connectivity index (χ0n) is 19.2. The lowest BCUT2D eigenvalue weighted by Crippen LogP contribution is -2.36. The van der Waals surface area contributed by atoms with Crippen LogP contribution < -0.4 is 4.74 Å². The summed E-state index contributed by atoms with van der Waals surface area (Å²) in [4.78, 5) is 20.2. The van der Waals surface area contributed by atoms with Crippen molar-refractivity contribution >= 4 is 5.97 Å². The van der Waals surface area contributed by atoms with Gasteiger partial charge in [-0.05, 0) is 56.4 Å². The average Bonchev–Trinajstić information content (AvgIpc) is 3.36. The number of halogens is 1. The molecule has 2 heterocycles. The van der Waals surface area contributed by atoms with Crippen LogP contribution in [0.4, 0.5) is 4.39 Å². The number of aromatic nitrogens is 4. The number of pyridine rings is 1. The molecule has 35 heavy (non-hydrogen) atoms. The van der Waals surface area contributed by atoms with Gasteiger partial charge >= 0.3 is 5.97 Å². The van der Waals surface area contributed by atoms with E-state index in [1.165, 1.54) is 6.07 Å². The summed E-state index contributed by atoms with van der Waals surface area (Å²) in [7, 11) is 0. The molecule has 2 aromatic heterocycles. The van der Waals surface area contributed by atoms with Crippen LogP contribution in [0.2, 0.25) is 0 Å². The van der Waals surface area contributed by atoms with Gasteiger partial charge in [0.15, 0.2) is 11.6 Å². The first-order valence-corrected chi connectivity index (χ1v) is 11.6. The number of benzene rings is 2. The Kier molecular flexibility index (Phi) is 6.03. The number of H-pyrrole nitrogens is 1. The quantitative estimate of drug-likeness (QED) is 0.370. The molecule has 0 spiro atoms. The summed E-state index contributed by atoms with van der Waals surface area (Å²) in [6, 6.07) is 18.0. The summed E-state index contributed by atoms with van der Waals surface area (Å²) >= 11 is 0. The SMILES string of the molecule is CC1(C(=O)O)CCC(Oc2ccc(-c3ccc(-c4nc(-c5ccccc5)n[nH]4)c(F)c3)cn2)CC1. The molecule has 0 radical (unpaired) electrons.